The molecule has 2 aromatic heterocycles. The Morgan fingerprint density at radius 3 is 2.56 bits per heavy atom. The zero-order chi connectivity index (χ0) is 18.0. The molecule has 128 valence electrons. The number of hydrogen-bond acceptors (Lipinski definition) is 3. The minimum atomic E-state index is -0.336. The minimum Gasteiger partial charge on any atom is -0.326 e. The number of carbonyl (C=O) groups is 1. The van der Waals surface area contributed by atoms with E-state index in [4.69, 9.17) is 0 Å². The Bertz CT molecular complexity index is 971. The zero-order valence-corrected chi connectivity index (χ0v) is 14.5. The Labute approximate surface area is 145 Å². The first-order valence-corrected chi connectivity index (χ1v) is 8.16. The number of nitrogens with one attached hydrogen (secondary N) is 2. The van der Waals surface area contributed by atoms with Gasteiger partial charge >= 0.3 is 0 Å². The standard InChI is InChI=1S/C19H20N4O2/c1-4-16-13(3)18(23(22-16)15-8-6-5-7-9-15)21-19(25)14-10-12(2)20-17(24)11-14/h5-11H,4H2,1-3H3,(H,20,24)(H,21,25). The van der Waals surface area contributed by atoms with E-state index in [1.54, 1.807) is 17.7 Å². The summed E-state index contributed by atoms with van der Waals surface area (Å²) in [6.45, 7) is 5.70. The zero-order valence-electron chi connectivity index (χ0n) is 14.5. The number of benzene rings is 1. The van der Waals surface area contributed by atoms with Gasteiger partial charge in [-0.3, -0.25) is 9.59 Å². The number of pyridine rings is 1. The topological polar surface area (TPSA) is 79.8 Å². The fraction of sp³-hybridized carbons (Fsp3) is 0.211. The number of anilines is 1. The molecule has 0 aliphatic rings. The molecule has 0 spiro atoms. The summed E-state index contributed by atoms with van der Waals surface area (Å²) in [4.78, 5) is 26.9. The van der Waals surface area contributed by atoms with E-state index >= 15 is 0 Å². The highest BCUT2D eigenvalue weighted by molar-refractivity contribution is 6.04. The number of nitrogens with zero attached hydrogens (tertiary/aromatic N) is 2. The lowest BCUT2D eigenvalue weighted by Gasteiger charge is -2.10. The lowest BCUT2D eigenvalue weighted by Crippen LogP contribution is -2.19. The fourth-order valence-electron chi connectivity index (χ4n) is 2.77. The smallest absolute Gasteiger partial charge is 0.257 e. The lowest BCUT2D eigenvalue weighted by atomic mass is 10.2. The molecule has 0 aliphatic heterocycles. The number of para-hydroxylation sites is 1. The van der Waals surface area contributed by atoms with E-state index in [1.165, 1.54) is 6.07 Å². The number of amides is 1. The van der Waals surface area contributed by atoms with Gasteiger partial charge in [0.25, 0.3) is 5.91 Å². The van der Waals surface area contributed by atoms with E-state index in [0.29, 0.717) is 17.1 Å². The van der Waals surface area contributed by atoms with Gasteiger partial charge in [-0.05, 0) is 38.5 Å². The largest absolute Gasteiger partial charge is 0.326 e. The Balaban J connectivity index is 2.03. The van der Waals surface area contributed by atoms with Gasteiger partial charge in [0.15, 0.2) is 0 Å². The van der Waals surface area contributed by atoms with Crippen LogP contribution < -0.4 is 10.9 Å². The fourth-order valence-corrected chi connectivity index (χ4v) is 2.77. The van der Waals surface area contributed by atoms with Crippen LogP contribution in [0.4, 0.5) is 5.82 Å². The molecule has 0 bridgehead atoms. The number of aromatic nitrogens is 3. The van der Waals surface area contributed by atoms with Crippen LogP contribution in [0.15, 0.2) is 47.3 Å². The Morgan fingerprint density at radius 1 is 1.20 bits per heavy atom. The maximum absolute atomic E-state index is 12.6. The normalized spacial score (nSPS) is 10.7. The van der Waals surface area contributed by atoms with Crippen LogP contribution >= 0.6 is 0 Å². The second-order valence-corrected chi connectivity index (χ2v) is 5.89. The SMILES string of the molecule is CCc1nn(-c2ccccc2)c(NC(=O)c2cc(C)[nH]c(=O)c2)c1C. The lowest BCUT2D eigenvalue weighted by molar-refractivity contribution is 0.102. The van der Waals surface area contributed by atoms with Crippen LogP contribution in [0.2, 0.25) is 0 Å². The third-order valence-corrected chi connectivity index (χ3v) is 4.03. The first-order chi connectivity index (χ1) is 12.0. The molecule has 0 atom stereocenters. The molecule has 0 aliphatic carbocycles. The third-order valence-electron chi connectivity index (χ3n) is 4.03. The Hall–Kier alpha value is -3.15. The maximum atomic E-state index is 12.6. The van der Waals surface area contributed by atoms with E-state index < -0.39 is 0 Å². The molecule has 6 heteroatoms. The van der Waals surface area contributed by atoms with Crippen LogP contribution in [0, 0.1) is 13.8 Å². The van der Waals surface area contributed by atoms with Crippen LogP contribution in [0.3, 0.4) is 0 Å². The highest BCUT2D eigenvalue weighted by atomic mass is 16.2. The monoisotopic (exact) mass is 336 g/mol. The summed E-state index contributed by atoms with van der Waals surface area (Å²) >= 11 is 0. The molecular formula is C19H20N4O2. The van der Waals surface area contributed by atoms with Gasteiger partial charge in [0.1, 0.15) is 5.82 Å². The number of hydrogen-bond donors (Lipinski definition) is 2. The van der Waals surface area contributed by atoms with Gasteiger partial charge < -0.3 is 10.3 Å². The van der Waals surface area contributed by atoms with Crippen molar-refractivity contribution < 1.29 is 4.79 Å². The summed E-state index contributed by atoms with van der Waals surface area (Å²) < 4.78 is 1.73. The molecular weight excluding hydrogens is 316 g/mol. The molecule has 3 aromatic rings. The van der Waals surface area contributed by atoms with Crippen molar-refractivity contribution in [2.45, 2.75) is 27.2 Å². The van der Waals surface area contributed by atoms with Gasteiger partial charge in [0, 0.05) is 22.9 Å². The van der Waals surface area contributed by atoms with E-state index in [9.17, 15) is 9.59 Å². The predicted molar refractivity (Wildman–Crippen MR) is 97.4 cm³/mol. The van der Waals surface area contributed by atoms with E-state index in [2.05, 4.69) is 15.4 Å². The molecule has 2 heterocycles. The molecule has 0 fully saturated rings. The van der Waals surface area contributed by atoms with Crippen molar-refractivity contribution in [3.05, 3.63) is 75.3 Å². The second-order valence-electron chi connectivity index (χ2n) is 5.89. The van der Waals surface area contributed by atoms with Gasteiger partial charge in [0.2, 0.25) is 5.56 Å². The minimum absolute atomic E-state index is 0.298. The van der Waals surface area contributed by atoms with Crippen LogP contribution in [0.5, 0.6) is 0 Å². The number of carbonyl (C=O) groups excluding carboxylic acids is 1. The molecule has 1 amide bonds. The number of aryl methyl sites for hydroxylation is 2. The summed E-state index contributed by atoms with van der Waals surface area (Å²) in [5.41, 5.74) is 3.36. The van der Waals surface area contributed by atoms with Crippen molar-refractivity contribution in [1.29, 1.82) is 0 Å². The molecule has 0 radical (unpaired) electrons. The van der Waals surface area contributed by atoms with Crippen LogP contribution in [-0.4, -0.2) is 20.7 Å². The summed E-state index contributed by atoms with van der Waals surface area (Å²) in [6.07, 6.45) is 0.763. The van der Waals surface area contributed by atoms with Gasteiger partial charge in [-0.1, -0.05) is 25.1 Å². The highest BCUT2D eigenvalue weighted by Gasteiger charge is 2.18. The quantitative estimate of drug-likeness (QED) is 0.768. The van der Waals surface area contributed by atoms with Gasteiger partial charge in [-0.2, -0.15) is 5.10 Å². The molecule has 0 unspecified atom stereocenters. The van der Waals surface area contributed by atoms with Crippen molar-refractivity contribution in [3.8, 4) is 5.69 Å². The third kappa shape index (κ3) is 3.38. The first kappa shape index (κ1) is 16.7. The van der Waals surface area contributed by atoms with Gasteiger partial charge in [0.05, 0.1) is 11.4 Å². The average molecular weight is 336 g/mol. The maximum Gasteiger partial charge on any atom is 0.257 e. The molecule has 25 heavy (non-hydrogen) atoms. The highest BCUT2D eigenvalue weighted by Crippen LogP contribution is 2.24. The van der Waals surface area contributed by atoms with Gasteiger partial charge in [-0.15, -0.1) is 0 Å². The van der Waals surface area contributed by atoms with Crippen LogP contribution in [0.1, 0.15) is 34.2 Å². The van der Waals surface area contributed by atoms with Crippen molar-refractivity contribution >= 4 is 11.7 Å². The van der Waals surface area contributed by atoms with Crippen molar-refractivity contribution in [3.63, 3.8) is 0 Å². The van der Waals surface area contributed by atoms with Crippen molar-refractivity contribution in [1.82, 2.24) is 14.8 Å². The average Bonchev–Trinajstić information content (AvgIpc) is 2.91. The van der Waals surface area contributed by atoms with E-state index in [1.807, 2.05) is 44.2 Å². The molecule has 1 aromatic carbocycles. The van der Waals surface area contributed by atoms with Gasteiger partial charge in [-0.25, -0.2) is 4.68 Å². The predicted octanol–water partition coefficient (Wildman–Crippen LogP) is 2.99. The summed E-state index contributed by atoms with van der Waals surface area (Å²) in [7, 11) is 0. The van der Waals surface area contributed by atoms with Crippen LogP contribution in [0.25, 0.3) is 5.69 Å². The first-order valence-electron chi connectivity index (χ1n) is 8.16. The second kappa shape index (κ2) is 6.76. The van der Waals surface area contributed by atoms with E-state index in [-0.39, 0.29) is 11.5 Å². The molecule has 3 rings (SSSR count). The number of H-pyrrole nitrogens is 1. The Morgan fingerprint density at radius 2 is 1.92 bits per heavy atom. The molecule has 0 saturated heterocycles. The summed E-state index contributed by atoms with van der Waals surface area (Å²) in [5, 5.41) is 7.53. The summed E-state index contributed by atoms with van der Waals surface area (Å²) in [6, 6.07) is 12.6. The van der Waals surface area contributed by atoms with Crippen molar-refractivity contribution in [2.75, 3.05) is 5.32 Å². The number of aromatic amines is 1. The van der Waals surface area contributed by atoms with Crippen molar-refractivity contribution in [2.24, 2.45) is 0 Å². The van der Waals surface area contributed by atoms with Crippen LogP contribution in [-0.2, 0) is 6.42 Å². The molecule has 6 nitrogen and oxygen atoms in total. The summed E-state index contributed by atoms with van der Waals surface area (Å²) in [5.74, 6) is 0.281. The molecule has 0 saturated carbocycles. The molecule has 2 N–H and O–H groups in total. The number of rotatable bonds is 4. The van der Waals surface area contributed by atoms with E-state index in [0.717, 1.165) is 23.4 Å². The Kier molecular flexibility index (Phi) is 4.52.